The van der Waals surface area contributed by atoms with Crippen LogP contribution in [0.1, 0.15) is 36.0 Å². The first kappa shape index (κ1) is 14.2. The Morgan fingerprint density at radius 1 is 1.48 bits per heavy atom. The number of hydrogen-bond acceptors (Lipinski definition) is 6. The highest BCUT2D eigenvalue weighted by molar-refractivity contribution is 7.17. The zero-order valence-electron chi connectivity index (χ0n) is 12.1. The lowest BCUT2D eigenvalue weighted by Crippen LogP contribution is -2.10. The summed E-state index contributed by atoms with van der Waals surface area (Å²) in [6.45, 7) is 5.01. The van der Waals surface area contributed by atoms with Crippen LogP contribution in [0.2, 0.25) is 0 Å². The molecule has 21 heavy (non-hydrogen) atoms. The molecule has 0 aromatic carbocycles. The Balaban J connectivity index is 2.02. The molecule has 0 saturated carbocycles. The number of nitrogens with one attached hydrogen (secondary N) is 1. The number of carbonyl (C=O) groups excluding carboxylic acids is 1. The lowest BCUT2D eigenvalue weighted by Gasteiger charge is -2.12. The number of anilines is 1. The normalized spacial score (nSPS) is 14.0. The molecule has 0 bridgehead atoms. The van der Waals surface area contributed by atoms with Crippen molar-refractivity contribution in [1.82, 2.24) is 10.1 Å². The van der Waals surface area contributed by atoms with Gasteiger partial charge in [0.15, 0.2) is 5.82 Å². The molecule has 2 aromatic rings. The zero-order valence-corrected chi connectivity index (χ0v) is 12.9. The number of nitrogens with zero attached hydrogens (tertiary/aromatic N) is 2. The molecule has 0 aliphatic carbocycles. The fourth-order valence-electron chi connectivity index (χ4n) is 2.36. The summed E-state index contributed by atoms with van der Waals surface area (Å²) in [6.07, 6.45) is 2.11. The Kier molecular flexibility index (Phi) is 4.03. The van der Waals surface area contributed by atoms with Crippen LogP contribution in [0, 0.1) is 6.92 Å². The molecule has 0 radical (unpaired) electrons. The van der Waals surface area contributed by atoms with E-state index in [1.807, 2.05) is 6.92 Å². The predicted octanol–water partition coefficient (Wildman–Crippen LogP) is 2.92. The van der Waals surface area contributed by atoms with Gasteiger partial charge in [-0.2, -0.15) is 4.98 Å². The first-order chi connectivity index (χ1) is 10.2. The van der Waals surface area contributed by atoms with Crippen molar-refractivity contribution in [2.24, 2.45) is 0 Å². The van der Waals surface area contributed by atoms with Gasteiger partial charge in [0, 0.05) is 11.3 Å². The average Bonchev–Trinajstić information content (AvgIpc) is 3.01. The topological polar surface area (TPSA) is 77.3 Å². The highest BCUT2D eigenvalue weighted by Gasteiger charge is 2.26. The van der Waals surface area contributed by atoms with E-state index in [0.717, 1.165) is 33.8 Å². The molecule has 2 aromatic heterocycles. The Labute approximate surface area is 126 Å². The van der Waals surface area contributed by atoms with E-state index in [2.05, 4.69) is 15.5 Å². The van der Waals surface area contributed by atoms with Crippen LogP contribution < -0.4 is 5.32 Å². The van der Waals surface area contributed by atoms with Crippen molar-refractivity contribution in [1.29, 1.82) is 0 Å². The van der Waals surface area contributed by atoms with E-state index >= 15 is 0 Å². The van der Waals surface area contributed by atoms with Gasteiger partial charge in [-0.15, -0.1) is 11.3 Å². The largest absolute Gasteiger partial charge is 0.376 e. The van der Waals surface area contributed by atoms with E-state index in [4.69, 9.17) is 9.26 Å². The molecule has 0 fully saturated rings. The summed E-state index contributed by atoms with van der Waals surface area (Å²) in [7, 11) is 0. The van der Waals surface area contributed by atoms with Crippen molar-refractivity contribution in [3.8, 4) is 11.5 Å². The summed E-state index contributed by atoms with van der Waals surface area (Å²) in [5.74, 6) is 1.07. The third-order valence-electron chi connectivity index (χ3n) is 3.29. The van der Waals surface area contributed by atoms with Crippen LogP contribution in [0.3, 0.4) is 0 Å². The SMILES string of the molecule is CCCC(=O)Nc1sc2c(c1-c1nc(C)no1)CCOC2. The highest BCUT2D eigenvalue weighted by atomic mass is 32.1. The molecule has 1 amide bonds. The second-order valence-electron chi connectivity index (χ2n) is 4.96. The maximum absolute atomic E-state index is 11.9. The molecular formula is C14H17N3O3S. The summed E-state index contributed by atoms with van der Waals surface area (Å²) in [5.41, 5.74) is 2.02. The van der Waals surface area contributed by atoms with Crippen molar-refractivity contribution in [2.75, 3.05) is 11.9 Å². The van der Waals surface area contributed by atoms with Gasteiger partial charge in [-0.25, -0.2) is 0 Å². The minimum Gasteiger partial charge on any atom is -0.376 e. The summed E-state index contributed by atoms with van der Waals surface area (Å²) < 4.78 is 10.8. The van der Waals surface area contributed by atoms with Gasteiger partial charge in [-0.3, -0.25) is 4.79 Å². The van der Waals surface area contributed by atoms with Crippen molar-refractivity contribution >= 4 is 22.2 Å². The number of thiophene rings is 1. The number of aryl methyl sites for hydroxylation is 1. The van der Waals surface area contributed by atoms with Gasteiger partial charge in [-0.1, -0.05) is 12.1 Å². The first-order valence-electron chi connectivity index (χ1n) is 7.02. The molecule has 0 unspecified atom stereocenters. The maximum Gasteiger partial charge on any atom is 0.261 e. The number of rotatable bonds is 4. The van der Waals surface area contributed by atoms with Gasteiger partial charge in [-0.05, 0) is 25.3 Å². The van der Waals surface area contributed by atoms with E-state index in [1.54, 1.807) is 6.92 Å². The maximum atomic E-state index is 11.9. The van der Waals surface area contributed by atoms with Crippen LogP contribution in [0.15, 0.2) is 4.52 Å². The van der Waals surface area contributed by atoms with Crippen LogP contribution in [-0.4, -0.2) is 22.7 Å². The second kappa shape index (κ2) is 5.95. The van der Waals surface area contributed by atoms with Gasteiger partial charge in [0.05, 0.1) is 18.8 Å². The third kappa shape index (κ3) is 2.84. The van der Waals surface area contributed by atoms with E-state index in [0.29, 0.717) is 31.3 Å². The predicted molar refractivity (Wildman–Crippen MR) is 79.2 cm³/mol. The van der Waals surface area contributed by atoms with Crippen LogP contribution in [0.5, 0.6) is 0 Å². The smallest absolute Gasteiger partial charge is 0.261 e. The molecule has 0 spiro atoms. The standard InChI is InChI=1S/C14H17N3O3S/c1-3-4-11(18)16-14-12(13-15-8(2)17-20-13)9-5-6-19-7-10(9)21-14/h3-7H2,1-2H3,(H,16,18). The van der Waals surface area contributed by atoms with Gasteiger partial charge < -0.3 is 14.6 Å². The van der Waals surface area contributed by atoms with Crippen molar-refractivity contribution in [3.05, 3.63) is 16.3 Å². The Bertz CT molecular complexity index is 662. The van der Waals surface area contributed by atoms with Crippen LogP contribution in [0.4, 0.5) is 5.00 Å². The summed E-state index contributed by atoms with van der Waals surface area (Å²) >= 11 is 1.54. The molecule has 1 N–H and O–H groups in total. The average molecular weight is 307 g/mol. The fraction of sp³-hybridized carbons (Fsp3) is 0.500. The molecule has 6 nitrogen and oxygen atoms in total. The third-order valence-corrected chi connectivity index (χ3v) is 4.41. The van der Waals surface area contributed by atoms with E-state index in [-0.39, 0.29) is 5.91 Å². The quantitative estimate of drug-likeness (QED) is 0.939. The summed E-state index contributed by atoms with van der Waals surface area (Å²) in [4.78, 5) is 17.3. The molecule has 0 atom stereocenters. The Hall–Kier alpha value is -1.73. The van der Waals surface area contributed by atoms with Gasteiger partial charge in [0.25, 0.3) is 5.89 Å². The minimum absolute atomic E-state index is 0.00880. The lowest BCUT2D eigenvalue weighted by atomic mass is 10.1. The first-order valence-corrected chi connectivity index (χ1v) is 7.83. The van der Waals surface area contributed by atoms with Crippen molar-refractivity contribution < 1.29 is 14.1 Å². The molecule has 7 heteroatoms. The number of amides is 1. The van der Waals surface area contributed by atoms with Crippen molar-refractivity contribution in [3.63, 3.8) is 0 Å². The number of fused-ring (bicyclic) bond motifs is 1. The van der Waals surface area contributed by atoms with E-state index < -0.39 is 0 Å². The molecular weight excluding hydrogens is 290 g/mol. The molecule has 1 aliphatic heterocycles. The second-order valence-corrected chi connectivity index (χ2v) is 6.06. The van der Waals surface area contributed by atoms with Gasteiger partial charge in [0.2, 0.25) is 5.91 Å². The molecule has 3 rings (SSSR count). The van der Waals surface area contributed by atoms with E-state index in [9.17, 15) is 4.79 Å². The fourth-order valence-corrected chi connectivity index (χ4v) is 3.55. The van der Waals surface area contributed by atoms with Gasteiger partial charge in [0.1, 0.15) is 5.00 Å². The number of carbonyl (C=O) groups is 1. The molecule has 0 saturated heterocycles. The monoisotopic (exact) mass is 307 g/mol. The number of ether oxygens (including phenoxy) is 1. The minimum atomic E-state index is 0.00880. The van der Waals surface area contributed by atoms with Crippen LogP contribution in [-0.2, 0) is 22.6 Å². The number of hydrogen-bond donors (Lipinski definition) is 1. The van der Waals surface area contributed by atoms with E-state index in [1.165, 1.54) is 11.3 Å². The Morgan fingerprint density at radius 3 is 3.05 bits per heavy atom. The molecule has 112 valence electrons. The number of aromatic nitrogens is 2. The molecule has 3 heterocycles. The highest BCUT2D eigenvalue weighted by Crippen LogP contribution is 2.42. The molecule has 1 aliphatic rings. The van der Waals surface area contributed by atoms with Crippen LogP contribution in [0.25, 0.3) is 11.5 Å². The Morgan fingerprint density at radius 2 is 2.33 bits per heavy atom. The summed E-state index contributed by atoms with van der Waals surface area (Å²) in [5, 5.41) is 7.61. The lowest BCUT2D eigenvalue weighted by molar-refractivity contribution is -0.116. The van der Waals surface area contributed by atoms with Crippen LogP contribution >= 0.6 is 11.3 Å². The van der Waals surface area contributed by atoms with Crippen molar-refractivity contribution in [2.45, 2.75) is 39.7 Å². The summed E-state index contributed by atoms with van der Waals surface area (Å²) in [6, 6.07) is 0. The van der Waals surface area contributed by atoms with Gasteiger partial charge >= 0.3 is 0 Å². The zero-order chi connectivity index (χ0) is 14.8.